The first kappa shape index (κ1) is 24.1. The predicted octanol–water partition coefficient (Wildman–Crippen LogP) is 4.59. The number of fused-ring (bicyclic) bond motifs is 1. The maximum atomic E-state index is 11.9. The summed E-state index contributed by atoms with van der Waals surface area (Å²) in [5, 5.41) is 8.86. The number of benzene rings is 1. The molecule has 0 bridgehead atoms. The molecule has 0 spiro atoms. The summed E-state index contributed by atoms with van der Waals surface area (Å²) in [5.74, 6) is 0.409. The first-order valence-electron chi connectivity index (χ1n) is 12.1. The van der Waals surface area contributed by atoms with Crippen molar-refractivity contribution in [3.8, 4) is 0 Å². The van der Waals surface area contributed by atoms with Crippen LogP contribution >= 0.6 is 0 Å². The molecule has 1 aromatic carbocycles. The number of rotatable bonds is 4. The van der Waals surface area contributed by atoms with E-state index in [0.717, 1.165) is 42.0 Å². The van der Waals surface area contributed by atoms with Gasteiger partial charge in [0.05, 0.1) is 29.4 Å². The third-order valence-corrected chi connectivity index (χ3v) is 7.19. The normalized spacial score (nSPS) is 24.8. The highest BCUT2D eigenvalue weighted by molar-refractivity contribution is 6.62. The van der Waals surface area contributed by atoms with Crippen LogP contribution in [0.3, 0.4) is 0 Å². The minimum atomic E-state index is -0.379. The van der Waals surface area contributed by atoms with Crippen molar-refractivity contribution in [3.63, 3.8) is 0 Å². The van der Waals surface area contributed by atoms with E-state index in [1.165, 1.54) is 0 Å². The van der Waals surface area contributed by atoms with E-state index in [-0.39, 0.29) is 30.0 Å². The van der Waals surface area contributed by atoms with Crippen LogP contribution in [0.4, 0.5) is 4.79 Å². The molecule has 2 aromatic rings. The van der Waals surface area contributed by atoms with Gasteiger partial charge in [0.25, 0.3) is 0 Å². The highest BCUT2D eigenvalue weighted by Crippen LogP contribution is 2.37. The number of nitrogens with zero attached hydrogens (tertiary/aromatic N) is 2. The van der Waals surface area contributed by atoms with Crippen LogP contribution in [-0.4, -0.2) is 46.3 Å². The number of aromatic nitrogens is 2. The van der Waals surface area contributed by atoms with Crippen LogP contribution < -0.4 is 10.8 Å². The van der Waals surface area contributed by atoms with E-state index in [1.54, 1.807) is 0 Å². The van der Waals surface area contributed by atoms with Gasteiger partial charge in [-0.2, -0.15) is 5.10 Å². The van der Waals surface area contributed by atoms with Crippen molar-refractivity contribution in [1.29, 1.82) is 0 Å². The standard InChI is InChI=1S/C25H38BN3O4/c1-23(2,3)27-22(30)31-16-17-8-12-20(13-9-17)29-15-18-10-11-19(14-21(18)28-29)26-32-24(4,5)25(6,7)33-26/h10-11,14-15,17,20H,8-9,12-13,16H2,1-7H3,(H,27,30). The number of alkyl carbamates (subject to hydrolysis) is 1. The van der Waals surface area contributed by atoms with E-state index in [2.05, 4.69) is 62.1 Å². The number of nitrogens with one attached hydrogen (secondary N) is 1. The fourth-order valence-corrected chi connectivity index (χ4v) is 4.48. The van der Waals surface area contributed by atoms with Crippen molar-refractivity contribution in [1.82, 2.24) is 15.1 Å². The zero-order valence-corrected chi connectivity index (χ0v) is 21.1. The van der Waals surface area contributed by atoms with Gasteiger partial charge >= 0.3 is 13.2 Å². The lowest BCUT2D eigenvalue weighted by atomic mass is 9.79. The first-order chi connectivity index (χ1) is 15.3. The topological polar surface area (TPSA) is 74.6 Å². The molecule has 33 heavy (non-hydrogen) atoms. The number of ether oxygens (including phenoxy) is 1. The van der Waals surface area contributed by atoms with Gasteiger partial charge in [0, 0.05) is 17.1 Å². The third kappa shape index (κ3) is 5.38. The Morgan fingerprint density at radius 1 is 1.15 bits per heavy atom. The van der Waals surface area contributed by atoms with Crippen molar-refractivity contribution in [3.05, 3.63) is 24.4 Å². The van der Waals surface area contributed by atoms with Gasteiger partial charge in [-0.05, 0) is 91.6 Å². The Morgan fingerprint density at radius 3 is 2.39 bits per heavy atom. The Morgan fingerprint density at radius 2 is 1.79 bits per heavy atom. The molecule has 2 aliphatic rings. The second kappa shape index (κ2) is 8.62. The van der Waals surface area contributed by atoms with E-state index in [9.17, 15) is 4.79 Å². The number of hydrogen-bond acceptors (Lipinski definition) is 5. The van der Waals surface area contributed by atoms with Gasteiger partial charge < -0.3 is 19.4 Å². The molecule has 1 saturated heterocycles. The lowest BCUT2D eigenvalue weighted by Gasteiger charge is -2.32. The monoisotopic (exact) mass is 455 g/mol. The van der Waals surface area contributed by atoms with Crippen molar-refractivity contribution in [2.24, 2.45) is 5.92 Å². The third-order valence-electron chi connectivity index (χ3n) is 7.19. The second-order valence-electron chi connectivity index (χ2n) is 11.7. The molecular formula is C25H38BN3O4. The van der Waals surface area contributed by atoms with Gasteiger partial charge in [-0.25, -0.2) is 4.79 Å². The molecule has 1 N–H and O–H groups in total. The molecule has 1 aliphatic heterocycles. The highest BCUT2D eigenvalue weighted by Gasteiger charge is 2.51. The molecule has 2 fully saturated rings. The van der Waals surface area contributed by atoms with E-state index in [4.69, 9.17) is 19.1 Å². The molecule has 1 amide bonds. The maximum Gasteiger partial charge on any atom is 0.494 e. The van der Waals surface area contributed by atoms with Crippen molar-refractivity contribution in [2.75, 3.05) is 6.61 Å². The molecule has 4 rings (SSSR count). The minimum Gasteiger partial charge on any atom is -0.449 e. The molecule has 0 atom stereocenters. The molecular weight excluding hydrogens is 417 g/mol. The fourth-order valence-electron chi connectivity index (χ4n) is 4.48. The molecule has 0 unspecified atom stereocenters. The summed E-state index contributed by atoms with van der Waals surface area (Å²) in [6.07, 6.45) is 5.94. The van der Waals surface area contributed by atoms with Crippen LogP contribution in [0, 0.1) is 5.92 Å². The summed E-state index contributed by atoms with van der Waals surface area (Å²) in [6.45, 7) is 14.6. The quantitative estimate of drug-likeness (QED) is 0.683. The molecule has 180 valence electrons. The molecule has 1 saturated carbocycles. The molecule has 0 radical (unpaired) electrons. The lowest BCUT2D eigenvalue weighted by Crippen LogP contribution is -2.41. The van der Waals surface area contributed by atoms with Crippen LogP contribution in [-0.2, 0) is 14.0 Å². The summed E-state index contributed by atoms with van der Waals surface area (Å²) in [7, 11) is -0.379. The van der Waals surface area contributed by atoms with Crippen LogP contribution in [0.25, 0.3) is 10.9 Å². The van der Waals surface area contributed by atoms with E-state index < -0.39 is 0 Å². The first-order valence-corrected chi connectivity index (χ1v) is 12.1. The average molecular weight is 455 g/mol. The Kier molecular flexibility index (Phi) is 6.29. The van der Waals surface area contributed by atoms with E-state index in [1.807, 2.05) is 20.8 Å². The second-order valence-corrected chi connectivity index (χ2v) is 11.7. The Balaban J connectivity index is 1.35. The van der Waals surface area contributed by atoms with Gasteiger partial charge in [-0.3, -0.25) is 4.68 Å². The Bertz CT molecular complexity index is 987. The molecule has 1 aliphatic carbocycles. The smallest absolute Gasteiger partial charge is 0.449 e. The lowest BCUT2D eigenvalue weighted by molar-refractivity contribution is 0.00578. The number of hydrogen-bond donors (Lipinski definition) is 1. The minimum absolute atomic E-state index is 0.279. The molecule has 8 heteroatoms. The van der Waals surface area contributed by atoms with Crippen LogP contribution in [0.5, 0.6) is 0 Å². The number of carbonyl (C=O) groups is 1. The van der Waals surface area contributed by atoms with Crippen molar-refractivity contribution >= 4 is 29.6 Å². The fraction of sp³-hybridized carbons (Fsp3) is 0.680. The summed E-state index contributed by atoms with van der Waals surface area (Å²) in [5.41, 5.74) is 0.968. The summed E-state index contributed by atoms with van der Waals surface area (Å²) >= 11 is 0. The van der Waals surface area contributed by atoms with Crippen molar-refractivity contribution < 1.29 is 18.8 Å². The Hall–Kier alpha value is -2.06. The van der Waals surface area contributed by atoms with Crippen molar-refractivity contribution in [2.45, 2.75) is 96.9 Å². The van der Waals surface area contributed by atoms with Gasteiger partial charge in [-0.15, -0.1) is 0 Å². The zero-order valence-electron chi connectivity index (χ0n) is 21.1. The molecule has 2 heterocycles. The van der Waals surface area contributed by atoms with Gasteiger partial charge in [0.15, 0.2) is 0 Å². The van der Waals surface area contributed by atoms with Crippen LogP contribution in [0.2, 0.25) is 0 Å². The largest absolute Gasteiger partial charge is 0.494 e. The summed E-state index contributed by atoms with van der Waals surface area (Å²) in [6, 6.07) is 6.64. The Labute approximate surface area is 197 Å². The SMILES string of the molecule is CC(C)(C)NC(=O)OCC1CCC(n2cc3ccc(B4OC(C)(C)C(C)(C)O4)cc3n2)CC1. The van der Waals surface area contributed by atoms with E-state index >= 15 is 0 Å². The highest BCUT2D eigenvalue weighted by atomic mass is 16.7. The zero-order chi connectivity index (χ0) is 24.0. The van der Waals surface area contributed by atoms with Gasteiger partial charge in [0.2, 0.25) is 0 Å². The van der Waals surface area contributed by atoms with Gasteiger partial charge in [-0.1, -0.05) is 12.1 Å². The average Bonchev–Trinajstić information content (AvgIpc) is 3.22. The number of carbonyl (C=O) groups excluding carboxylic acids is 1. The summed E-state index contributed by atoms with van der Waals surface area (Å²) < 4.78 is 20.0. The van der Waals surface area contributed by atoms with Crippen LogP contribution in [0.1, 0.15) is 80.2 Å². The molecule has 7 nitrogen and oxygen atoms in total. The van der Waals surface area contributed by atoms with E-state index in [0.29, 0.717) is 18.6 Å². The maximum absolute atomic E-state index is 11.9. The summed E-state index contributed by atoms with van der Waals surface area (Å²) in [4.78, 5) is 11.9. The number of amides is 1. The predicted molar refractivity (Wildman–Crippen MR) is 131 cm³/mol. The van der Waals surface area contributed by atoms with Gasteiger partial charge in [0.1, 0.15) is 0 Å². The van der Waals surface area contributed by atoms with Crippen LogP contribution in [0.15, 0.2) is 24.4 Å². The molecule has 1 aromatic heterocycles.